The monoisotopic (exact) mass is 463 g/mol. The van der Waals surface area contributed by atoms with Crippen molar-refractivity contribution < 1.29 is 19.0 Å². The Morgan fingerprint density at radius 3 is 2.59 bits per heavy atom. The quantitative estimate of drug-likeness (QED) is 0.438. The van der Waals surface area contributed by atoms with Gasteiger partial charge in [0.25, 0.3) is 0 Å². The van der Waals surface area contributed by atoms with Gasteiger partial charge in [0.15, 0.2) is 0 Å². The molecule has 1 heterocycles. The Morgan fingerprint density at radius 2 is 1.79 bits per heavy atom. The molecule has 7 nitrogen and oxygen atoms in total. The molecule has 1 aliphatic rings. The maximum absolute atomic E-state index is 12.2. The standard InChI is InChI=1S/C27H33N3O4/c1-19-16-23(28)27-24(29-19)8-5-9-25(27)34-22-12-10-21(11-13-22)30-26(31)18-33-15-14-32-17-20-6-3-2-4-7-20/h2-9,16,21-22H,10-15,17-18H2,1H3,(H2,28,29)(H,30,31)/t21-,22-. The molecular formula is C27H33N3O4. The fourth-order valence-electron chi connectivity index (χ4n) is 4.34. The lowest BCUT2D eigenvalue weighted by Crippen LogP contribution is -2.41. The number of benzene rings is 2. The number of hydrogen-bond donors (Lipinski definition) is 2. The van der Waals surface area contributed by atoms with Gasteiger partial charge >= 0.3 is 0 Å². The zero-order chi connectivity index (χ0) is 23.8. The highest BCUT2D eigenvalue weighted by Crippen LogP contribution is 2.33. The first-order chi connectivity index (χ1) is 16.6. The largest absolute Gasteiger partial charge is 0.490 e. The van der Waals surface area contributed by atoms with E-state index in [0.29, 0.717) is 25.5 Å². The van der Waals surface area contributed by atoms with Crippen LogP contribution in [0, 0.1) is 6.92 Å². The minimum absolute atomic E-state index is 0.0484. The summed E-state index contributed by atoms with van der Waals surface area (Å²) in [5, 5.41) is 3.94. The summed E-state index contributed by atoms with van der Waals surface area (Å²) in [7, 11) is 0. The Kier molecular flexibility index (Phi) is 8.33. The van der Waals surface area contributed by atoms with Crippen molar-refractivity contribution in [3.63, 3.8) is 0 Å². The molecule has 0 saturated heterocycles. The Hall–Kier alpha value is -3.16. The lowest BCUT2D eigenvalue weighted by molar-refractivity contribution is -0.127. The lowest BCUT2D eigenvalue weighted by atomic mass is 9.93. The van der Waals surface area contributed by atoms with E-state index in [1.807, 2.05) is 61.5 Å². The van der Waals surface area contributed by atoms with E-state index in [1.165, 1.54) is 0 Å². The summed E-state index contributed by atoms with van der Waals surface area (Å²) >= 11 is 0. The minimum Gasteiger partial charge on any atom is -0.490 e. The van der Waals surface area contributed by atoms with E-state index < -0.39 is 0 Å². The molecule has 3 N–H and O–H groups in total. The van der Waals surface area contributed by atoms with Gasteiger partial charge in [-0.1, -0.05) is 36.4 Å². The summed E-state index contributed by atoms with van der Waals surface area (Å²) in [6.07, 6.45) is 3.57. The van der Waals surface area contributed by atoms with Crippen LogP contribution in [0.15, 0.2) is 54.6 Å². The molecule has 2 aromatic carbocycles. The summed E-state index contributed by atoms with van der Waals surface area (Å²) < 4.78 is 17.3. The summed E-state index contributed by atoms with van der Waals surface area (Å²) in [6.45, 7) is 3.38. The number of carbonyl (C=O) groups is 1. The van der Waals surface area contributed by atoms with Gasteiger partial charge in [0.1, 0.15) is 12.4 Å². The number of nitrogens with zero attached hydrogens (tertiary/aromatic N) is 1. The number of fused-ring (bicyclic) bond motifs is 1. The van der Waals surface area contributed by atoms with Crippen LogP contribution >= 0.6 is 0 Å². The van der Waals surface area contributed by atoms with Gasteiger partial charge in [0, 0.05) is 17.4 Å². The summed E-state index contributed by atoms with van der Waals surface area (Å²) in [5.74, 6) is 0.688. The molecule has 0 aliphatic heterocycles. The van der Waals surface area contributed by atoms with Crippen LogP contribution < -0.4 is 15.8 Å². The Labute approximate surface area is 200 Å². The van der Waals surface area contributed by atoms with Crippen molar-refractivity contribution in [2.45, 2.75) is 51.4 Å². The van der Waals surface area contributed by atoms with Crippen LogP contribution in [0.4, 0.5) is 5.69 Å². The molecule has 0 atom stereocenters. The maximum atomic E-state index is 12.2. The van der Waals surface area contributed by atoms with Crippen LogP contribution in [0.25, 0.3) is 10.9 Å². The highest BCUT2D eigenvalue weighted by Gasteiger charge is 2.24. The second-order valence-electron chi connectivity index (χ2n) is 8.75. The Balaban J connectivity index is 1.14. The molecular weight excluding hydrogens is 430 g/mol. The first-order valence-electron chi connectivity index (χ1n) is 11.9. The zero-order valence-electron chi connectivity index (χ0n) is 19.7. The number of nitrogens with two attached hydrogens (primary N) is 1. The predicted octanol–water partition coefficient (Wildman–Crippen LogP) is 4.17. The van der Waals surface area contributed by atoms with E-state index in [2.05, 4.69) is 10.3 Å². The zero-order valence-corrected chi connectivity index (χ0v) is 19.7. The summed E-state index contributed by atoms with van der Waals surface area (Å²) in [6, 6.07) is 17.8. The van der Waals surface area contributed by atoms with Gasteiger partial charge < -0.3 is 25.3 Å². The van der Waals surface area contributed by atoms with Crippen molar-refractivity contribution in [2.75, 3.05) is 25.6 Å². The Bertz CT molecular complexity index is 1080. The number of aromatic nitrogens is 1. The average Bonchev–Trinajstić information content (AvgIpc) is 2.83. The fourth-order valence-corrected chi connectivity index (χ4v) is 4.34. The van der Waals surface area contributed by atoms with Crippen LogP contribution in [-0.2, 0) is 20.9 Å². The predicted molar refractivity (Wildman–Crippen MR) is 133 cm³/mol. The third-order valence-corrected chi connectivity index (χ3v) is 6.00. The highest BCUT2D eigenvalue weighted by atomic mass is 16.5. The topological polar surface area (TPSA) is 95.7 Å². The molecule has 0 spiro atoms. The SMILES string of the molecule is Cc1cc(N)c2c(O[C@H]3CC[C@H](NC(=O)COCCOCc4ccccc4)CC3)cccc2n1. The van der Waals surface area contributed by atoms with Crippen molar-refractivity contribution in [3.8, 4) is 5.75 Å². The van der Waals surface area contributed by atoms with Gasteiger partial charge in [-0.15, -0.1) is 0 Å². The first kappa shape index (κ1) is 24.0. The van der Waals surface area contributed by atoms with Crippen molar-refractivity contribution in [2.24, 2.45) is 0 Å². The van der Waals surface area contributed by atoms with Gasteiger partial charge in [-0.25, -0.2) is 0 Å². The van der Waals surface area contributed by atoms with Gasteiger partial charge in [-0.2, -0.15) is 0 Å². The second kappa shape index (κ2) is 11.8. The highest BCUT2D eigenvalue weighted by molar-refractivity contribution is 5.95. The first-order valence-corrected chi connectivity index (χ1v) is 11.9. The normalized spacial score (nSPS) is 18.0. The molecule has 1 fully saturated rings. The van der Waals surface area contributed by atoms with Crippen LogP contribution in [0.1, 0.15) is 36.9 Å². The van der Waals surface area contributed by atoms with Crippen molar-refractivity contribution in [1.82, 2.24) is 10.3 Å². The number of amides is 1. The number of anilines is 1. The molecule has 7 heteroatoms. The van der Waals surface area contributed by atoms with Crippen molar-refractivity contribution >= 4 is 22.5 Å². The van der Waals surface area contributed by atoms with Crippen LogP contribution in [0.5, 0.6) is 5.75 Å². The lowest BCUT2D eigenvalue weighted by Gasteiger charge is -2.30. The molecule has 1 saturated carbocycles. The third kappa shape index (κ3) is 6.68. The molecule has 180 valence electrons. The third-order valence-electron chi connectivity index (χ3n) is 6.00. The van der Waals surface area contributed by atoms with E-state index in [0.717, 1.165) is 53.6 Å². The van der Waals surface area contributed by atoms with Gasteiger partial charge in [0.05, 0.1) is 36.8 Å². The van der Waals surface area contributed by atoms with Crippen LogP contribution in [0.2, 0.25) is 0 Å². The van der Waals surface area contributed by atoms with Crippen molar-refractivity contribution in [1.29, 1.82) is 0 Å². The maximum Gasteiger partial charge on any atom is 0.246 e. The number of nitrogen functional groups attached to an aromatic ring is 1. The number of ether oxygens (including phenoxy) is 3. The van der Waals surface area contributed by atoms with E-state index in [1.54, 1.807) is 0 Å². The van der Waals surface area contributed by atoms with E-state index in [-0.39, 0.29) is 24.7 Å². The average molecular weight is 464 g/mol. The van der Waals surface area contributed by atoms with E-state index in [4.69, 9.17) is 19.9 Å². The molecule has 0 radical (unpaired) electrons. The fraction of sp³-hybridized carbons (Fsp3) is 0.407. The molecule has 4 rings (SSSR count). The molecule has 3 aromatic rings. The number of hydrogen-bond acceptors (Lipinski definition) is 6. The Morgan fingerprint density at radius 1 is 1.03 bits per heavy atom. The van der Waals surface area contributed by atoms with Crippen molar-refractivity contribution in [3.05, 3.63) is 65.9 Å². The summed E-state index contributed by atoms with van der Waals surface area (Å²) in [5.41, 5.74) is 9.79. The van der Waals surface area contributed by atoms with Gasteiger partial charge in [-0.05, 0) is 56.4 Å². The number of aryl methyl sites for hydroxylation is 1. The van der Waals surface area contributed by atoms with E-state index in [9.17, 15) is 4.79 Å². The van der Waals surface area contributed by atoms with Crippen LogP contribution in [0.3, 0.4) is 0 Å². The summed E-state index contributed by atoms with van der Waals surface area (Å²) in [4.78, 5) is 16.8. The molecule has 1 aliphatic carbocycles. The number of rotatable bonds is 10. The van der Waals surface area contributed by atoms with Crippen LogP contribution in [-0.4, -0.2) is 42.9 Å². The number of carbonyl (C=O) groups excluding carboxylic acids is 1. The smallest absolute Gasteiger partial charge is 0.246 e. The van der Waals surface area contributed by atoms with Gasteiger partial charge in [-0.3, -0.25) is 9.78 Å². The molecule has 1 aromatic heterocycles. The number of pyridine rings is 1. The van der Waals surface area contributed by atoms with Gasteiger partial charge in [0.2, 0.25) is 5.91 Å². The minimum atomic E-state index is -0.0873. The molecule has 0 unspecified atom stereocenters. The van der Waals surface area contributed by atoms with E-state index >= 15 is 0 Å². The molecule has 0 bridgehead atoms. The number of nitrogens with one attached hydrogen (secondary N) is 1. The molecule has 1 amide bonds. The molecule has 34 heavy (non-hydrogen) atoms. The second-order valence-corrected chi connectivity index (χ2v) is 8.75.